The molecular formula is C25H29N2O3Y-. The molecule has 1 aromatic carbocycles. The largest absolute Gasteiger partial charge is 0.477 e. The number of hydrogen-bond acceptors (Lipinski definition) is 5. The molecule has 1 radical (unpaired) electrons. The fourth-order valence-electron chi connectivity index (χ4n) is 4.40. The zero-order valence-electron chi connectivity index (χ0n) is 18.4. The molecular weight excluding hydrogens is 465 g/mol. The zero-order chi connectivity index (χ0) is 21.7. The minimum atomic E-state index is -0.150. The summed E-state index contributed by atoms with van der Waals surface area (Å²) in [7, 11) is 0. The molecule has 1 heterocycles. The molecule has 31 heavy (non-hydrogen) atoms. The van der Waals surface area contributed by atoms with E-state index in [1.165, 1.54) is 0 Å². The van der Waals surface area contributed by atoms with E-state index in [9.17, 15) is 15.2 Å². The summed E-state index contributed by atoms with van der Waals surface area (Å²) in [6, 6.07) is 9.96. The number of hydrogen-bond donors (Lipinski definition) is 1. The van der Waals surface area contributed by atoms with Gasteiger partial charge in [-0.1, -0.05) is 17.7 Å². The van der Waals surface area contributed by atoms with Crippen molar-refractivity contribution in [1.29, 1.82) is 5.26 Å². The molecule has 0 spiro atoms. The summed E-state index contributed by atoms with van der Waals surface area (Å²) in [6.07, 6.45) is 3.38. The van der Waals surface area contributed by atoms with Crippen LogP contribution in [-0.4, -0.2) is 29.1 Å². The Hall–Kier alpha value is -1.61. The van der Waals surface area contributed by atoms with E-state index in [4.69, 9.17) is 4.74 Å². The molecule has 6 heteroatoms. The van der Waals surface area contributed by atoms with Gasteiger partial charge in [-0.2, -0.15) is 11.7 Å². The number of carbonyl (C=O) groups excluding carboxylic acids is 1. The summed E-state index contributed by atoms with van der Waals surface area (Å²) in [5, 5.41) is 18.4. The first-order valence-corrected chi connectivity index (χ1v) is 10.5. The molecule has 1 fully saturated rings. The number of nitrogens with zero attached hydrogens (tertiary/aromatic N) is 2. The van der Waals surface area contributed by atoms with Crippen LogP contribution in [-0.2, 0) is 56.8 Å². The molecule has 3 rings (SSSR count). The standard InChI is InChI=1S/C25H29N2O3.Y/c1-4-19-12-18(5-6-21(19)14-26)13-20-7-8-24(29)23(20)15-30-25-11-16(2)22(9-10-28)17(3)27-25;/h5-6,11-12,20,23,28H,1,4,7-10,13,15H2,2-3H3;/q-1;/t20-,23-;/m1./s1. The van der Waals surface area contributed by atoms with E-state index in [-0.39, 0.29) is 56.9 Å². The monoisotopic (exact) mass is 494 g/mol. The van der Waals surface area contributed by atoms with Gasteiger partial charge in [0.2, 0.25) is 5.88 Å². The number of benzene rings is 1. The van der Waals surface area contributed by atoms with Crippen LogP contribution in [0.5, 0.6) is 5.88 Å². The number of ether oxygens (including phenoxy) is 1. The van der Waals surface area contributed by atoms with Crippen molar-refractivity contribution in [2.24, 2.45) is 11.8 Å². The first kappa shape index (κ1) is 25.7. The quantitative estimate of drug-likeness (QED) is 0.566. The van der Waals surface area contributed by atoms with E-state index in [1.54, 1.807) is 0 Å². The number of aromatic nitrogens is 1. The second-order valence-corrected chi connectivity index (χ2v) is 8.05. The Bertz CT molecular complexity index is 945. The smallest absolute Gasteiger partial charge is 0.213 e. The maximum atomic E-state index is 12.5. The molecule has 1 N–H and O–H groups in total. The number of aryl methyl sites for hydroxylation is 2. The molecule has 2 aromatic rings. The minimum absolute atomic E-state index is 0. The molecule has 161 valence electrons. The number of pyridine rings is 1. The number of aliphatic hydroxyl groups is 1. The molecule has 0 bridgehead atoms. The van der Waals surface area contributed by atoms with Crippen molar-refractivity contribution in [2.45, 2.75) is 46.0 Å². The Morgan fingerprint density at radius 2 is 2.10 bits per heavy atom. The fraction of sp³-hybridized carbons (Fsp3) is 0.440. The van der Waals surface area contributed by atoms with Crippen LogP contribution in [0.3, 0.4) is 0 Å². The molecule has 2 atom stereocenters. The summed E-state index contributed by atoms with van der Waals surface area (Å²) in [5.41, 5.74) is 5.69. The van der Waals surface area contributed by atoms with Gasteiger partial charge in [0, 0.05) is 57.5 Å². The van der Waals surface area contributed by atoms with Gasteiger partial charge in [0.1, 0.15) is 5.78 Å². The Morgan fingerprint density at radius 3 is 2.74 bits per heavy atom. The third-order valence-electron chi connectivity index (χ3n) is 6.10. The number of nitriles is 1. The van der Waals surface area contributed by atoms with Crippen molar-refractivity contribution in [3.8, 4) is 11.9 Å². The van der Waals surface area contributed by atoms with Crippen molar-refractivity contribution < 1.29 is 47.3 Å². The van der Waals surface area contributed by atoms with Gasteiger partial charge in [-0.15, -0.1) is 0 Å². The maximum Gasteiger partial charge on any atom is 0.213 e. The maximum absolute atomic E-state index is 12.5. The van der Waals surface area contributed by atoms with Crippen molar-refractivity contribution in [1.82, 2.24) is 4.98 Å². The summed E-state index contributed by atoms with van der Waals surface area (Å²) >= 11 is 0. The van der Waals surface area contributed by atoms with Crippen LogP contribution in [0.1, 0.15) is 46.4 Å². The van der Waals surface area contributed by atoms with Crippen LogP contribution in [0.4, 0.5) is 0 Å². The van der Waals surface area contributed by atoms with E-state index >= 15 is 0 Å². The summed E-state index contributed by atoms with van der Waals surface area (Å²) in [4.78, 5) is 17.0. The van der Waals surface area contributed by atoms with Gasteiger partial charge < -0.3 is 16.8 Å². The van der Waals surface area contributed by atoms with Crippen LogP contribution in [0.25, 0.3) is 0 Å². The average Bonchev–Trinajstić information content (AvgIpc) is 3.08. The second-order valence-electron chi connectivity index (χ2n) is 8.05. The topological polar surface area (TPSA) is 83.2 Å². The predicted octanol–water partition coefficient (Wildman–Crippen LogP) is 3.70. The number of aliphatic hydroxyl groups excluding tert-OH is 1. The number of Topliss-reactive ketones (excluding diaryl/α,β-unsaturated/α-hetero) is 1. The third-order valence-corrected chi connectivity index (χ3v) is 6.10. The second kappa shape index (κ2) is 11.9. The minimum Gasteiger partial charge on any atom is -0.477 e. The zero-order valence-corrected chi connectivity index (χ0v) is 21.2. The van der Waals surface area contributed by atoms with Crippen LogP contribution in [0.15, 0.2) is 24.3 Å². The van der Waals surface area contributed by atoms with Gasteiger partial charge in [-0.3, -0.25) is 4.79 Å². The molecule has 5 nitrogen and oxygen atoms in total. The first-order valence-electron chi connectivity index (χ1n) is 10.5. The Morgan fingerprint density at radius 1 is 1.32 bits per heavy atom. The third kappa shape index (κ3) is 6.22. The number of ketones is 1. The van der Waals surface area contributed by atoms with Gasteiger partial charge in [0.25, 0.3) is 0 Å². The predicted molar refractivity (Wildman–Crippen MR) is 115 cm³/mol. The van der Waals surface area contributed by atoms with Gasteiger partial charge >= 0.3 is 0 Å². The Kier molecular flexibility index (Phi) is 9.81. The van der Waals surface area contributed by atoms with Crippen LogP contribution in [0.2, 0.25) is 0 Å². The van der Waals surface area contributed by atoms with E-state index in [0.29, 0.717) is 37.3 Å². The normalized spacial score (nSPS) is 17.8. The van der Waals surface area contributed by atoms with Gasteiger partial charge in [-0.05, 0) is 61.8 Å². The average molecular weight is 494 g/mol. The Balaban J connectivity index is 0.00000341. The number of rotatable bonds is 8. The van der Waals surface area contributed by atoms with Crippen LogP contribution >= 0.6 is 0 Å². The van der Waals surface area contributed by atoms with Crippen molar-refractivity contribution in [3.05, 3.63) is 64.7 Å². The molecule has 1 saturated carbocycles. The van der Waals surface area contributed by atoms with Gasteiger partial charge in [-0.25, -0.2) is 4.98 Å². The molecule has 1 aliphatic carbocycles. The van der Waals surface area contributed by atoms with E-state index in [2.05, 4.69) is 18.0 Å². The van der Waals surface area contributed by atoms with E-state index in [1.807, 2.05) is 38.1 Å². The molecule has 0 saturated heterocycles. The van der Waals surface area contributed by atoms with Crippen molar-refractivity contribution in [3.63, 3.8) is 0 Å². The van der Waals surface area contributed by atoms with Crippen molar-refractivity contribution in [2.75, 3.05) is 13.2 Å². The fourth-order valence-corrected chi connectivity index (χ4v) is 4.40. The van der Waals surface area contributed by atoms with Crippen LogP contribution < -0.4 is 4.74 Å². The SMILES string of the molecule is [CH2-]Cc1cc(C[C@H]2CCC(=O)[C@@H]2COc2cc(C)c(CCO)c(C)n2)ccc1C#N.[Y]. The molecule has 0 aliphatic heterocycles. The summed E-state index contributed by atoms with van der Waals surface area (Å²) in [6.45, 7) is 8.23. The van der Waals surface area contributed by atoms with Gasteiger partial charge in [0.05, 0.1) is 24.2 Å². The molecule has 1 aromatic heterocycles. The van der Waals surface area contributed by atoms with Crippen LogP contribution in [0, 0.1) is 43.9 Å². The number of carbonyl (C=O) groups is 1. The summed E-state index contributed by atoms with van der Waals surface area (Å²) < 4.78 is 5.96. The first-order chi connectivity index (χ1) is 14.5. The van der Waals surface area contributed by atoms with Crippen molar-refractivity contribution >= 4 is 5.78 Å². The van der Waals surface area contributed by atoms with E-state index < -0.39 is 0 Å². The summed E-state index contributed by atoms with van der Waals surface area (Å²) in [5.74, 6) is 0.849. The van der Waals surface area contributed by atoms with Gasteiger partial charge in [0.15, 0.2) is 0 Å². The molecule has 0 unspecified atom stereocenters. The molecule has 0 amide bonds. The van der Waals surface area contributed by atoms with E-state index in [0.717, 1.165) is 40.8 Å². The molecule has 1 aliphatic rings. The Labute approximate surface area is 210 Å².